The van der Waals surface area contributed by atoms with Gasteiger partial charge >= 0.3 is 0 Å². The number of anilines is 1. The number of benzene rings is 2. The number of hydrogen-bond donors (Lipinski definition) is 1. The number of amides is 1. The van der Waals surface area contributed by atoms with Crippen LogP contribution in [0.4, 0.5) is 15.8 Å². The van der Waals surface area contributed by atoms with Gasteiger partial charge in [-0.2, -0.15) is 0 Å². The van der Waals surface area contributed by atoms with E-state index in [1.54, 1.807) is 0 Å². The Morgan fingerprint density at radius 2 is 1.97 bits per heavy atom. The molecular weight excluding hydrogens is 455 g/mol. The highest BCUT2D eigenvalue weighted by atomic mass is 32.2. The normalized spacial score (nSPS) is 14.8. The van der Waals surface area contributed by atoms with Crippen LogP contribution in [0.25, 0.3) is 5.69 Å². The van der Waals surface area contributed by atoms with E-state index in [-0.39, 0.29) is 28.2 Å². The molecule has 1 unspecified atom stereocenters. The lowest BCUT2D eigenvalue weighted by atomic mass is 10.2. The summed E-state index contributed by atoms with van der Waals surface area (Å²) in [5, 5.41) is 14.0. The van der Waals surface area contributed by atoms with Gasteiger partial charge in [0.05, 0.1) is 27.0 Å². The van der Waals surface area contributed by atoms with Crippen LogP contribution in [0.15, 0.2) is 63.4 Å². The van der Waals surface area contributed by atoms with Gasteiger partial charge in [-0.25, -0.2) is 9.37 Å². The zero-order valence-electron chi connectivity index (χ0n) is 16.8. The molecule has 1 N–H and O–H groups in total. The fraction of sp³-hybridized carbons (Fsp3) is 0.190. The Labute approximate surface area is 190 Å². The van der Waals surface area contributed by atoms with Gasteiger partial charge in [0.1, 0.15) is 5.82 Å². The minimum absolute atomic E-state index is 0.0356. The van der Waals surface area contributed by atoms with Crippen molar-refractivity contribution in [2.45, 2.75) is 28.6 Å². The van der Waals surface area contributed by atoms with Gasteiger partial charge in [-0.05, 0) is 36.4 Å². The van der Waals surface area contributed by atoms with Crippen LogP contribution in [-0.2, 0) is 11.2 Å². The van der Waals surface area contributed by atoms with Crippen LogP contribution in [-0.4, -0.2) is 31.4 Å². The van der Waals surface area contributed by atoms with Gasteiger partial charge in [0.2, 0.25) is 5.91 Å². The van der Waals surface area contributed by atoms with E-state index < -0.39 is 10.7 Å². The molecule has 0 aliphatic carbocycles. The van der Waals surface area contributed by atoms with Crippen LogP contribution in [0.3, 0.4) is 0 Å². The van der Waals surface area contributed by atoms with E-state index >= 15 is 0 Å². The second-order valence-corrected chi connectivity index (χ2v) is 9.45. The lowest BCUT2D eigenvalue weighted by Gasteiger charge is -2.13. The molecule has 0 spiro atoms. The number of nitrogens with one attached hydrogen (secondary N) is 1. The summed E-state index contributed by atoms with van der Waals surface area (Å²) in [6.07, 6.45) is 0.655. The number of fused-ring (bicyclic) bond motifs is 1. The molecule has 3 aromatic rings. The van der Waals surface area contributed by atoms with Crippen LogP contribution in [0.2, 0.25) is 0 Å². The number of aromatic nitrogens is 2. The van der Waals surface area contributed by atoms with E-state index in [0.717, 1.165) is 11.8 Å². The van der Waals surface area contributed by atoms with Crippen LogP contribution in [0.1, 0.15) is 12.6 Å². The van der Waals surface area contributed by atoms with Gasteiger partial charge in [-0.1, -0.05) is 18.7 Å². The number of thioether (sulfide) groups is 2. The molecule has 8 nitrogen and oxygen atoms in total. The molecule has 0 saturated heterocycles. The largest absolute Gasteiger partial charge is 0.325 e. The Hall–Kier alpha value is -3.18. The van der Waals surface area contributed by atoms with Crippen molar-refractivity contribution in [3.63, 3.8) is 0 Å². The SMILES string of the molecule is CC1Cc2nc(SCC(=O)Nc3ccc([N+](=O)[O-])cc3)n(-c3ccc(F)cc3)c(=O)c2S1. The first-order chi connectivity index (χ1) is 15.3. The number of rotatable bonds is 6. The van der Waals surface area contributed by atoms with Crippen molar-refractivity contribution in [3.05, 3.63) is 80.5 Å². The molecule has 4 rings (SSSR count). The molecular formula is C21H17FN4O4S2. The number of carbonyl (C=O) groups excluding carboxylic acids is 1. The summed E-state index contributed by atoms with van der Waals surface area (Å²) in [5.74, 6) is -0.811. The van der Waals surface area contributed by atoms with Gasteiger partial charge in [-0.15, -0.1) is 11.8 Å². The maximum absolute atomic E-state index is 13.4. The summed E-state index contributed by atoms with van der Waals surface area (Å²) in [4.78, 5) is 41.0. The fourth-order valence-electron chi connectivity index (χ4n) is 3.21. The highest BCUT2D eigenvalue weighted by molar-refractivity contribution is 8.00. The van der Waals surface area contributed by atoms with E-state index in [2.05, 4.69) is 10.3 Å². The van der Waals surface area contributed by atoms with Crippen molar-refractivity contribution in [1.82, 2.24) is 9.55 Å². The Bertz CT molecular complexity index is 1250. The number of nitrogens with zero attached hydrogens (tertiary/aromatic N) is 3. The minimum atomic E-state index is -0.519. The molecule has 1 amide bonds. The third kappa shape index (κ3) is 4.68. The molecule has 32 heavy (non-hydrogen) atoms. The number of hydrogen-bond acceptors (Lipinski definition) is 7. The number of nitro benzene ring substituents is 1. The Morgan fingerprint density at radius 3 is 2.62 bits per heavy atom. The summed E-state index contributed by atoms with van der Waals surface area (Å²) in [6, 6.07) is 11.0. The summed E-state index contributed by atoms with van der Waals surface area (Å²) < 4.78 is 14.8. The van der Waals surface area contributed by atoms with Crippen LogP contribution < -0.4 is 10.9 Å². The summed E-state index contributed by atoms with van der Waals surface area (Å²) in [5.41, 5.74) is 1.27. The molecule has 1 aliphatic heterocycles. The van der Waals surface area contributed by atoms with Crippen LogP contribution in [0, 0.1) is 15.9 Å². The fourth-order valence-corrected chi connectivity index (χ4v) is 5.13. The standard InChI is InChI=1S/C21H17FN4O4S2/c1-12-10-17-19(32-12)20(28)25(15-6-2-13(22)3-7-15)21(24-17)31-11-18(27)23-14-4-8-16(9-5-14)26(29)30/h2-9,12H,10-11H2,1H3,(H,23,27). The summed E-state index contributed by atoms with van der Waals surface area (Å²) >= 11 is 2.55. The topological polar surface area (TPSA) is 107 Å². The van der Waals surface area contributed by atoms with Gasteiger partial charge in [0.25, 0.3) is 11.2 Å². The van der Waals surface area contributed by atoms with Crippen molar-refractivity contribution in [2.75, 3.05) is 11.1 Å². The summed E-state index contributed by atoms with van der Waals surface area (Å²) in [6.45, 7) is 2.01. The maximum atomic E-state index is 13.4. The number of halogens is 1. The Balaban J connectivity index is 1.57. The van der Waals surface area contributed by atoms with E-state index in [0.29, 0.717) is 33.5 Å². The van der Waals surface area contributed by atoms with Crippen LogP contribution in [0.5, 0.6) is 0 Å². The molecule has 2 heterocycles. The molecule has 1 atom stereocenters. The lowest BCUT2D eigenvalue weighted by Crippen LogP contribution is -2.24. The first-order valence-electron chi connectivity index (χ1n) is 9.57. The average molecular weight is 473 g/mol. The zero-order chi connectivity index (χ0) is 22.8. The molecule has 0 radical (unpaired) electrons. The maximum Gasteiger partial charge on any atom is 0.272 e. The molecule has 2 aromatic carbocycles. The van der Waals surface area contributed by atoms with Crippen molar-refractivity contribution in [3.8, 4) is 5.69 Å². The average Bonchev–Trinajstić information content (AvgIpc) is 3.14. The van der Waals surface area contributed by atoms with Crippen LogP contribution >= 0.6 is 23.5 Å². The molecule has 11 heteroatoms. The second kappa shape index (κ2) is 9.13. The molecule has 0 fully saturated rings. The number of nitro groups is 1. The molecule has 1 aromatic heterocycles. The van der Waals surface area contributed by atoms with Gasteiger partial charge in [0, 0.05) is 29.5 Å². The van der Waals surface area contributed by atoms with Gasteiger partial charge < -0.3 is 5.32 Å². The van der Waals surface area contributed by atoms with E-state index in [1.165, 1.54) is 64.9 Å². The first-order valence-corrected chi connectivity index (χ1v) is 11.4. The van der Waals surface area contributed by atoms with E-state index in [1.807, 2.05) is 6.92 Å². The number of non-ortho nitro benzene ring substituents is 1. The van der Waals surface area contributed by atoms with Crippen molar-refractivity contribution in [1.29, 1.82) is 0 Å². The van der Waals surface area contributed by atoms with Gasteiger partial charge in [-0.3, -0.25) is 24.3 Å². The predicted octanol–water partition coefficient (Wildman–Crippen LogP) is 4.05. The second-order valence-electron chi connectivity index (χ2n) is 7.06. The number of carbonyl (C=O) groups is 1. The third-order valence-corrected chi connectivity index (χ3v) is 6.81. The minimum Gasteiger partial charge on any atom is -0.325 e. The van der Waals surface area contributed by atoms with E-state index in [4.69, 9.17) is 0 Å². The monoisotopic (exact) mass is 472 g/mol. The van der Waals surface area contributed by atoms with E-state index in [9.17, 15) is 24.1 Å². The molecule has 0 bridgehead atoms. The molecule has 0 saturated carbocycles. The van der Waals surface area contributed by atoms with Gasteiger partial charge in [0.15, 0.2) is 5.16 Å². The van der Waals surface area contributed by atoms with Crippen molar-refractivity contribution in [2.24, 2.45) is 0 Å². The highest BCUT2D eigenvalue weighted by Crippen LogP contribution is 2.35. The lowest BCUT2D eigenvalue weighted by molar-refractivity contribution is -0.384. The molecule has 164 valence electrons. The summed E-state index contributed by atoms with van der Waals surface area (Å²) in [7, 11) is 0. The zero-order valence-corrected chi connectivity index (χ0v) is 18.4. The third-order valence-electron chi connectivity index (χ3n) is 4.66. The highest BCUT2D eigenvalue weighted by Gasteiger charge is 2.27. The quantitative estimate of drug-likeness (QED) is 0.250. The first kappa shape index (κ1) is 22.0. The molecule has 1 aliphatic rings. The Morgan fingerprint density at radius 1 is 1.28 bits per heavy atom. The van der Waals surface area contributed by atoms with Crippen molar-refractivity contribution >= 4 is 40.8 Å². The Kier molecular flexibility index (Phi) is 6.28. The smallest absolute Gasteiger partial charge is 0.272 e. The van der Waals surface area contributed by atoms with Crippen molar-refractivity contribution < 1.29 is 14.1 Å². The predicted molar refractivity (Wildman–Crippen MR) is 121 cm³/mol.